The molecule has 6 nitrogen and oxygen atoms in total. The van der Waals surface area contributed by atoms with Gasteiger partial charge in [-0.2, -0.15) is 0 Å². The first-order valence-electron chi connectivity index (χ1n) is 7.49. The van der Waals surface area contributed by atoms with Crippen molar-refractivity contribution in [3.63, 3.8) is 0 Å². The largest absolute Gasteiger partial charge is 0.367 e. The number of morpholine rings is 1. The Labute approximate surface area is 117 Å². The van der Waals surface area contributed by atoms with E-state index < -0.39 is 0 Å². The number of rotatable bonds is 1. The van der Waals surface area contributed by atoms with Crippen molar-refractivity contribution in [2.45, 2.75) is 38.0 Å². The minimum atomic E-state index is -0.0933. The predicted octanol–water partition coefficient (Wildman–Crippen LogP) is -0.0487. The van der Waals surface area contributed by atoms with Gasteiger partial charge in [0.05, 0.1) is 12.3 Å². The summed E-state index contributed by atoms with van der Waals surface area (Å²) in [7, 11) is 0. The van der Waals surface area contributed by atoms with Crippen LogP contribution in [0.2, 0.25) is 0 Å². The van der Waals surface area contributed by atoms with Crippen LogP contribution in [-0.4, -0.2) is 47.2 Å². The summed E-state index contributed by atoms with van der Waals surface area (Å²) in [4.78, 5) is 22.2. The van der Waals surface area contributed by atoms with Crippen molar-refractivity contribution in [3.05, 3.63) is 27.4 Å². The Bertz CT molecular complexity index is 571. The van der Waals surface area contributed by atoms with E-state index in [1.807, 2.05) is 0 Å². The summed E-state index contributed by atoms with van der Waals surface area (Å²) in [5, 5.41) is 3.27. The first-order chi connectivity index (χ1) is 9.81. The topological polar surface area (TPSA) is 70.2 Å². The van der Waals surface area contributed by atoms with Crippen LogP contribution in [0.15, 0.2) is 4.79 Å². The van der Waals surface area contributed by atoms with Crippen LogP contribution in [0.4, 0.5) is 0 Å². The van der Waals surface area contributed by atoms with Crippen molar-refractivity contribution in [1.82, 2.24) is 20.2 Å². The Hall–Kier alpha value is -1.24. The monoisotopic (exact) mass is 276 g/mol. The molecular weight excluding hydrogens is 256 g/mol. The first-order valence-corrected chi connectivity index (χ1v) is 7.49. The van der Waals surface area contributed by atoms with E-state index >= 15 is 0 Å². The zero-order valence-corrected chi connectivity index (χ0v) is 11.5. The first kappa shape index (κ1) is 12.5. The molecule has 0 amide bonds. The maximum atomic E-state index is 12.2. The van der Waals surface area contributed by atoms with Crippen molar-refractivity contribution < 1.29 is 4.74 Å². The summed E-state index contributed by atoms with van der Waals surface area (Å²) in [5.74, 6) is 0.697. The van der Waals surface area contributed by atoms with E-state index in [0.717, 1.165) is 43.9 Å². The van der Waals surface area contributed by atoms with Crippen molar-refractivity contribution in [1.29, 1.82) is 0 Å². The summed E-state index contributed by atoms with van der Waals surface area (Å²) in [6, 6.07) is 0.567. The number of H-pyrrole nitrogens is 1. The van der Waals surface area contributed by atoms with Gasteiger partial charge in [0.2, 0.25) is 0 Å². The van der Waals surface area contributed by atoms with E-state index in [2.05, 4.69) is 20.2 Å². The number of aromatic amines is 1. The molecule has 0 spiro atoms. The molecule has 0 radical (unpaired) electrons. The summed E-state index contributed by atoms with van der Waals surface area (Å²) >= 11 is 0. The summed E-state index contributed by atoms with van der Waals surface area (Å²) in [6.07, 6.45) is 3.14. The molecule has 2 atom stereocenters. The molecule has 0 aromatic carbocycles. The van der Waals surface area contributed by atoms with Gasteiger partial charge in [-0.15, -0.1) is 0 Å². The predicted molar refractivity (Wildman–Crippen MR) is 73.6 cm³/mol. The zero-order chi connectivity index (χ0) is 13.5. The van der Waals surface area contributed by atoms with Gasteiger partial charge in [0.25, 0.3) is 5.56 Å². The number of fused-ring (bicyclic) bond motifs is 2. The molecule has 20 heavy (non-hydrogen) atoms. The van der Waals surface area contributed by atoms with Crippen LogP contribution in [0, 0.1) is 0 Å². The van der Waals surface area contributed by atoms with Gasteiger partial charge in [-0.25, -0.2) is 4.98 Å². The second-order valence-electron chi connectivity index (χ2n) is 5.92. The van der Waals surface area contributed by atoms with E-state index in [0.29, 0.717) is 18.4 Å². The van der Waals surface area contributed by atoms with Gasteiger partial charge in [0.1, 0.15) is 11.9 Å². The fourth-order valence-corrected chi connectivity index (χ4v) is 3.52. The fraction of sp³-hybridized carbons (Fsp3) is 0.714. The molecule has 3 aliphatic heterocycles. The summed E-state index contributed by atoms with van der Waals surface area (Å²) in [6.45, 7) is 4.28. The molecule has 2 saturated heterocycles. The number of nitrogens with one attached hydrogen (secondary N) is 2. The quantitative estimate of drug-likeness (QED) is 0.753. The van der Waals surface area contributed by atoms with Crippen LogP contribution in [0.5, 0.6) is 0 Å². The molecular formula is C14H20N4O2. The zero-order valence-electron chi connectivity index (χ0n) is 11.5. The molecule has 2 unspecified atom stereocenters. The molecule has 3 aliphatic rings. The van der Waals surface area contributed by atoms with Gasteiger partial charge < -0.3 is 15.0 Å². The third-order valence-electron chi connectivity index (χ3n) is 4.66. The summed E-state index contributed by atoms with van der Waals surface area (Å²) in [5.41, 5.74) is 1.74. The van der Waals surface area contributed by atoms with Gasteiger partial charge in [0.15, 0.2) is 0 Å². The van der Waals surface area contributed by atoms with E-state index in [1.54, 1.807) is 0 Å². The highest BCUT2D eigenvalue weighted by Crippen LogP contribution is 2.28. The normalized spacial score (nSPS) is 30.0. The Balaban J connectivity index is 1.62. The maximum absolute atomic E-state index is 12.2. The van der Waals surface area contributed by atoms with Crippen LogP contribution in [-0.2, 0) is 17.7 Å². The average molecular weight is 276 g/mol. The smallest absolute Gasteiger partial charge is 0.254 e. The van der Waals surface area contributed by atoms with Crippen LogP contribution in [0.1, 0.15) is 36.0 Å². The lowest BCUT2D eigenvalue weighted by Gasteiger charge is -2.34. The van der Waals surface area contributed by atoms with Gasteiger partial charge in [-0.05, 0) is 32.4 Å². The highest BCUT2D eigenvalue weighted by molar-refractivity contribution is 5.21. The lowest BCUT2D eigenvalue weighted by Crippen LogP contribution is -2.43. The van der Waals surface area contributed by atoms with Crippen molar-refractivity contribution in [3.8, 4) is 0 Å². The minimum absolute atomic E-state index is 0.0126. The van der Waals surface area contributed by atoms with Crippen molar-refractivity contribution in [2.75, 3.05) is 26.2 Å². The number of hydrogen-bond acceptors (Lipinski definition) is 5. The molecule has 6 heteroatoms. The Morgan fingerprint density at radius 2 is 2.35 bits per heavy atom. The molecule has 4 rings (SSSR count). The van der Waals surface area contributed by atoms with Gasteiger partial charge >= 0.3 is 0 Å². The molecule has 2 fully saturated rings. The molecule has 0 saturated carbocycles. The molecule has 4 heterocycles. The van der Waals surface area contributed by atoms with Crippen molar-refractivity contribution in [2.24, 2.45) is 0 Å². The maximum Gasteiger partial charge on any atom is 0.254 e. The van der Waals surface area contributed by atoms with Gasteiger partial charge in [-0.1, -0.05) is 0 Å². The fourth-order valence-electron chi connectivity index (χ4n) is 3.52. The summed E-state index contributed by atoms with van der Waals surface area (Å²) < 4.78 is 5.93. The van der Waals surface area contributed by atoms with E-state index in [1.165, 1.54) is 12.8 Å². The lowest BCUT2D eigenvalue weighted by atomic mass is 10.1. The highest BCUT2D eigenvalue weighted by Gasteiger charge is 2.34. The Kier molecular flexibility index (Phi) is 3.09. The molecule has 1 aromatic rings. The average Bonchev–Trinajstić information content (AvgIpc) is 2.94. The molecule has 0 aliphatic carbocycles. The molecule has 1 aromatic heterocycles. The second kappa shape index (κ2) is 4.95. The van der Waals surface area contributed by atoms with Crippen LogP contribution < -0.4 is 10.9 Å². The molecule has 108 valence electrons. The van der Waals surface area contributed by atoms with Crippen LogP contribution in [0.3, 0.4) is 0 Å². The van der Waals surface area contributed by atoms with Crippen molar-refractivity contribution >= 4 is 0 Å². The minimum Gasteiger partial charge on any atom is -0.367 e. The number of hydrogen-bond donors (Lipinski definition) is 2. The second-order valence-corrected chi connectivity index (χ2v) is 5.92. The SMILES string of the molecule is O=c1[nH]c(C2CN3CCCC3CO2)nc2c1CCNC2. The standard InChI is InChI=1S/C14H20N4O2/c19-14-10-3-4-15-6-11(10)16-13(17-14)12-7-18-5-1-2-9(18)8-20-12/h9,12,15H,1-8H2,(H,16,17,19). The van der Waals surface area contributed by atoms with E-state index in [9.17, 15) is 4.79 Å². The number of nitrogens with zero attached hydrogens (tertiary/aromatic N) is 2. The van der Waals surface area contributed by atoms with Crippen LogP contribution >= 0.6 is 0 Å². The number of ether oxygens (including phenoxy) is 1. The van der Waals surface area contributed by atoms with Gasteiger partial charge in [-0.3, -0.25) is 9.69 Å². The third kappa shape index (κ3) is 2.08. The Morgan fingerprint density at radius 3 is 3.30 bits per heavy atom. The van der Waals surface area contributed by atoms with Gasteiger partial charge in [0, 0.05) is 24.7 Å². The van der Waals surface area contributed by atoms with E-state index in [-0.39, 0.29) is 11.7 Å². The third-order valence-corrected chi connectivity index (χ3v) is 4.66. The van der Waals surface area contributed by atoms with E-state index in [4.69, 9.17) is 4.74 Å². The molecule has 0 bridgehead atoms. The highest BCUT2D eigenvalue weighted by atomic mass is 16.5. The molecule has 2 N–H and O–H groups in total. The number of aromatic nitrogens is 2. The Morgan fingerprint density at radius 1 is 1.40 bits per heavy atom. The van der Waals surface area contributed by atoms with Crippen LogP contribution in [0.25, 0.3) is 0 Å². The lowest BCUT2D eigenvalue weighted by molar-refractivity contribution is -0.0543.